The quantitative estimate of drug-likeness (QED) is 0.725. The second-order valence-corrected chi connectivity index (χ2v) is 4.28. The van der Waals surface area contributed by atoms with Crippen molar-refractivity contribution in [2.45, 2.75) is 38.8 Å². The van der Waals surface area contributed by atoms with Gasteiger partial charge in [0.05, 0.1) is 6.67 Å². The lowest BCUT2D eigenvalue weighted by Crippen LogP contribution is -2.50. The molecule has 0 bridgehead atoms. The number of piperidine rings is 1. The molecule has 0 spiro atoms. The highest BCUT2D eigenvalue weighted by molar-refractivity contribution is 4.84. The molecule has 3 heteroatoms. The molecule has 2 atom stereocenters. The van der Waals surface area contributed by atoms with Crippen LogP contribution in [0.4, 0.5) is 4.39 Å². The van der Waals surface area contributed by atoms with E-state index in [-0.39, 0.29) is 12.7 Å². The highest BCUT2D eigenvalue weighted by atomic mass is 19.1. The number of likely N-dealkylation sites (tertiary alicyclic amines) is 1. The van der Waals surface area contributed by atoms with Gasteiger partial charge in [-0.2, -0.15) is 0 Å². The lowest BCUT2D eigenvalue weighted by Gasteiger charge is -2.38. The lowest BCUT2D eigenvalue weighted by atomic mass is 9.89. The van der Waals surface area contributed by atoms with Gasteiger partial charge in [0.2, 0.25) is 0 Å². The first-order chi connectivity index (χ1) is 6.15. The molecule has 0 aliphatic carbocycles. The molecule has 1 rings (SSSR count). The topological polar surface area (TPSA) is 29.3 Å². The molecule has 1 aliphatic heterocycles. The van der Waals surface area contributed by atoms with Crippen LogP contribution in [0, 0.1) is 5.92 Å². The van der Waals surface area contributed by atoms with Crippen molar-refractivity contribution in [1.82, 2.24) is 4.90 Å². The van der Waals surface area contributed by atoms with Crippen LogP contribution >= 0.6 is 0 Å². The van der Waals surface area contributed by atoms with E-state index in [4.69, 9.17) is 5.73 Å². The average Bonchev–Trinajstić information content (AvgIpc) is 2.08. The maximum Gasteiger partial charge on any atom is 0.0897 e. The van der Waals surface area contributed by atoms with Crippen LogP contribution in [0.15, 0.2) is 0 Å². The Kier molecular flexibility index (Phi) is 4.13. The Morgan fingerprint density at radius 1 is 1.54 bits per heavy atom. The Labute approximate surface area is 80.3 Å². The first-order valence-corrected chi connectivity index (χ1v) is 5.20. The van der Waals surface area contributed by atoms with E-state index < -0.39 is 0 Å². The zero-order chi connectivity index (χ0) is 9.84. The predicted molar refractivity (Wildman–Crippen MR) is 53.4 cm³/mol. The molecule has 0 aromatic carbocycles. The van der Waals surface area contributed by atoms with Gasteiger partial charge in [0.15, 0.2) is 0 Å². The van der Waals surface area contributed by atoms with E-state index in [1.54, 1.807) is 0 Å². The van der Waals surface area contributed by atoms with Crippen LogP contribution in [0.25, 0.3) is 0 Å². The van der Waals surface area contributed by atoms with Gasteiger partial charge in [-0.3, -0.25) is 9.29 Å². The number of nitrogens with two attached hydrogens (primary N) is 1. The SMILES string of the molecule is CC(C)N1CCC(CCF)C(N)C1. The van der Waals surface area contributed by atoms with Crippen molar-refractivity contribution < 1.29 is 4.39 Å². The van der Waals surface area contributed by atoms with Crippen LogP contribution in [0.2, 0.25) is 0 Å². The number of rotatable bonds is 3. The minimum absolute atomic E-state index is 0.173. The van der Waals surface area contributed by atoms with Crippen LogP contribution in [0.5, 0.6) is 0 Å². The molecule has 1 heterocycles. The van der Waals surface area contributed by atoms with Crippen molar-refractivity contribution >= 4 is 0 Å². The third-order valence-corrected chi connectivity index (χ3v) is 3.05. The van der Waals surface area contributed by atoms with Gasteiger partial charge < -0.3 is 5.73 Å². The summed E-state index contributed by atoms with van der Waals surface area (Å²) < 4.78 is 12.1. The number of hydrogen-bond acceptors (Lipinski definition) is 2. The zero-order valence-corrected chi connectivity index (χ0v) is 8.67. The van der Waals surface area contributed by atoms with Crippen molar-refractivity contribution in [3.63, 3.8) is 0 Å². The molecule has 0 radical (unpaired) electrons. The van der Waals surface area contributed by atoms with Crippen molar-refractivity contribution in [2.75, 3.05) is 19.8 Å². The monoisotopic (exact) mass is 188 g/mol. The molecule has 2 N–H and O–H groups in total. The molecule has 2 unspecified atom stereocenters. The van der Waals surface area contributed by atoms with Gasteiger partial charge in [-0.05, 0) is 39.2 Å². The van der Waals surface area contributed by atoms with E-state index in [0.29, 0.717) is 18.4 Å². The summed E-state index contributed by atoms with van der Waals surface area (Å²) in [6.07, 6.45) is 1.70. The van der Waals surface area contributed by atoms with Crippen molar-refractivity contribution in [2.24, 2.45) is 11.7 Å². The number of alkyl halides is 1. The molecular formula is C10H21FN2. The number of hydrogen-bond donors (Lipinski definition) is 1. The van der Waals surface area contributed by atoms with Crippen LogP contribution in [-0.2, 0) is 0 Å². The highest BCUT2D eigenvalue weighted by Crippen LogP contribution is 2.20. The molecule has 0 amide bonds. The second kappa shape index (κ2) is 4.91. The Hall–Kier alpha value is -0.150. The summed E-state index contributed by atoms with van der Waals surface area (Å²) in [7, 11) is 0. The second-order valence-electron chi connectivity index (χ2n) is 4.28. The normalized spacial score (nSPS) is 31.2. The van der Waals surface area contributed by atoms with Crippen LogP contribution in [-0.4, -0.2) is 36.7 Å². The van der Waals surface area contributed by atoms with Crippen LogP contribution in [0.3, 0.4) is 0 Å². The summed E-state index contributed by atoms with van der Waals surface area (Å²) in [4.78, 5) is 2.37. The lowest BCUT2D eigenvalue weighted by molar-refractivity contribution is 0.121. The number of halogens is 1. The van der Waals surface area contributed by atoms with Crippen molar-refractivity contribution in [3.8, 4) is 0 Å². The van der Waals surface area contributed by atoms with Gasteiger partial charge in [0.25, 0.3) is 0 Å². The third kappa shape index (κ3) is 2.92. The highest BCUT2D eigenvalue weighted by Gasteiger charge is 2.26. The zero-order valence-electron chi connectivity index (χ0n) is 8.67. The van der Waals surface area contributed by atoms with E-state index >= 15 is 0 Å². The van der Waals surface area contributed by atoms with Gasteiger partial charge in [-0.25, -0.2) is 0 Å². The summed E-state index contributed by atoms with van der Waals surface area (Å²) in [6, 6.07) is 0.740. The minimum atomic E-state index is -0.222. The first-order valence-electron chi connectivity index (χ1n) is 5.20. The van der Waals surface area contributed by atoms with Crippen molar-refractivity contribution in [3.05, 3.63) is 0 Å². The summed E-state index contributed by atoms with van der Waals surface area (Å²) >= 11 is 0. The largest absolute Gasteiger partial charge is 0.326 e. The fourth-order valence-corrected chi connectivity index (χ4v) is 2.02. The van der Waals surface area contributed by atoms with Gasteiger partial charge in [-0.15, -0.1) is 0 Å². The molecule has 78 valence electrons. The smallest absolute Gasteiger partial charge is 0.0897 e. The first kappa shape index (κ1) is 10.9. The van der Waals surface area contributed by atoms with Crippen LogP contribution in [0.1, 0.15) is 26.7 Å². The molecular weight excluding hydrogens is 167 g/mol. The average molecular weight is 188 g/mol. The van der Waals surface area contributed by atoms with Gasteiger partial charge >= 0.3 is 0 Å². The van der Waals surface area contributed by atoms with E-state index in [2.05, 4.69) is 18.7 Å². The predicted octanol–water partition coefficient (Wildman–Crippen LogP) is 1.40. The molecule has 0 aromatic rings. The third-order valence-electron chi connectivity index (χ3n) is 3.05. The molecule has 1 aliphatic rings. The molecule has 13 heavy (non-hydrogen) atoms. The fourth-order valence-electron chi connectivity index (χ4n) is 2.02. The van der Waals surface area contributed by atoms with E-state index in [1.807, 2.05) is 0 Å². The number of nitrogens with zero attached hydrogens (tertiary/aromatic N) is 1. The Balaban J connectivity index is 2.37. The molecule has 1 fully saturated rings. The van der Waals surface area contributed by atoms with Crippen LogP contribution < -0.4 is 5.73 Å². The Morgan fingerprint density at radius 3 is 2.69 bits per heavy atom. The summed E-state index contributed by atoms with van der Waals surface area (Å²) in [5, 5.41) is 0. The Morgan fingerprint density at radius 2 is 2.23 bits per heavy atom. The van der Waals surface area contributed by atoms with Gasteiger partial charge in [0, 0.05) is 18.6 Å². The molecule has 0 aromatic heterocycles. The minimum Gasteiger partial charge on any atom is -0.326 e. The molecule has 0 saturated carbocycles. The summed E-state index contributed by atoms with van der Waals surface area (Å²) in [6.45, 7) is 6.16. The maximum atomic E-state index is 12.1. The fraction of sp³-hybridized carbons (Fsp3) is 1.00. The van der Waals surface area contributed by atoms with Gasteiger partial charge in [-0.1, -0.05) is 0 Å². The van der Waals surface area contributed by atoms with E-state index in [9.17, 15) is 4.39 Å². The van der Waals surface area contributed by atoms with Gasteiger partial charge in [0.1, 0.15) is 0 Å². The summed E-state index contributed by atoms with van der Waals surface area (Å²) in [5.41, 5.74) is 5.98. The Bertz CT molecular complexity index is 150. The van der Waals surface area contributed by atoms with Crippen molar-refractivity contribution in [1.29, 1.82) is 0 Å². The molecule has 2 nitrogen and oxygen atoms in total. The maximum absolute atomic E-state index is 12.1. The summed E-state index contributed by atoms with van der Waals surface area (Å²) in [5.74, 6) is 0.403. The van der Waals surface area contributed by atoms with E-state index in [1.165, 1.54) is 0 Å². The standard InChI is InChI=1S/C10H21FN2/c1-8(2)13-6-4-9(3-5-11)10(12)7-13/h8-10H,3-7,12H2,1-2H3. The molecule has 1 saturated heterocycles. The van der Waals surface area contributed by atoms with E-state index in [0.717, 1.165) is 19.5 Å².